The van der Waals surface area contributed by atoms with E-state index in [0.717, 1.165) is 34.8 Å². The van der Waals surface area contributed by atoms with Crippen molar-refractivity contribution in [3.8, 4) is 0 Å². The highest BCUT2D eigenvalue weighted by molar-refractivity contribution is 7.99. The summed E-state index contributed by atoms with van der Waals surface area (Å²) in [5, 5.41) is 0.715. The van der Waals surface area contributed by atoms with Gasteiger partial charge in [-0.25, -0.2) is 4.98 Å². The molecule has 1 unspecified atom stereocenters. The van der Waals surface area contributed by atoms with Gasteiger partial charge in [-0.05, 0) is 43.0 Å². The summed E-state index contributed by atoms with van der Waals surface area (Å²) < 4.78 is 2.24. The second-order valence-corrected chi connectivity index (χ2v) is 6.60. The first-order valence-electron chi connectivity index (χ1n) is 6.47. The van der Waals surface area contributed by atoms with Crippen LogP contribution >= 0.6 is 35.0 Å². The molecule has 2 rings (SSSR count). The van der Waals surface area contributed by atoms with E-state index in [1.54, 1.807) is 0 Å². The van der Waals surface area contributed by atoms with Gasteiger partial charge in [-0.15, -0.1) is 11.6 Å². The lowest BCUT2D eigenvalue weighted by atomic mass is 10.2. The molecule has 0 N–H and O–H groups in total. The molecule has 5 heteroatoms. The van der Waals surface area contributed by atoms with Crippen molar-refractivity contribution >= 4 is 46.0 Å². The molecule has 1 atom stereocenters. The van der Waals surface area contributed by atoms with Crippen LogP contribution in [-0.2, 0) is 5.88 Å². The summed E-state index contributed by atoms with van der Waals surface area (Å²) in [5.41, 5.74) is 2.05. The van der Waals surface area contributed by atoms with Crippen LogP contribution in [-0.4, -0.2) is 21.1 Å². The van der Waals surface area contributed by atoms with Crippen LogP contribution in [0.5, 0.6) is 0 Å². The van der Waals surface area contributed by atoms with E-state index >= 15 is 0 Å². The maximum Gasteiger partial charge on any atom is 0.125 e. The van der Waals surface area contributed by atoms with Crippen molar-refractivity contribution in [1.29, 1.82) is 0 Å². The second-order valence-electron chi connectivity index (χ2n) is 4.50. The monoisotopic (exact) mass is 316 g/mol. The third-order valence-corrected chi connectivity index (χ3v) is 4.58. The molecule has 0 amide bonds. The van der Waals surface area contributed by atoms with Crippen molar-refractivity contribution in [3.05, 3.63) is 29.0 Å². The molecule has 0 saturated carbocycles. The molecule has 19 heavy (non-hydrogen) atoms. The molecule has 0 aliphatic rings. The third kappa shape index (κ3) is 3.39. The van der Waals surface area contributed by atoms with E-state index < -0.39 is 0 Å². The zero-order chi connectivity index (χ0) is 13.8. The summed E-state index contributed by atoms with van der Waals surface area (Å²) in [6, 6.07) is 6.24. The SMILES string of the molecule is CCSCCC(C)n1c(CCl)nc2cc(Cl)ccc21. The maximum atomic E-state index is 6.03. The van der Waals surface area contributed by atoms with Gasteiger partial charge in [-0.3, -0.25) is 0 Å². The van der Waals surface area contributed by atoms with Gasteiger partial charge in [-0.1, -0.05) is 18.5 Å². The van der Waals surface area contributed by atoms with E-state index in [1.807, 2.05) is 30.0 Å². The summed E-state index contributed by atoms with van der Waals surface area (Å²) in [6.07, 6.45) is 1.12. The van der Waals surface area contributed by atoms with E-state index in [9.17, 15) is 0 Å². The first-order chi connectivity index (χ1) is 9.17. The van der Waals surface area contributed by atoms with Crippen LogP contribution in [0.3, 0.4) is 0 Å². The number of fused-ring (bicyclic) bond motifs is 1. The number of hydrogen-bond acceptors (Lipinski definition) is 2. The number of aromatic nitrogens is 2. The van der Waals surface area contributed by atoms with E-state index in [4.69, 9.17) is 23.2 Å². The number of thioether (sulfide) groups is 1. The first-order valence-corrected chi connectivity index (χ1v) is 8.54. The molecule has 0 fully saturated rings. The molecule has 1 aromatic heterocycles. The fraction of sp³-hybridized carbons (Fsp3) is 0.500. The van der Waals surface area contributed by atoms with Gasteiger partial charge in [-0.2, -0.15) is 11.8 Å². The third-order valence-electron chi connectivity index (χ3n) is 3.17. The van der Waals surface area contributed by atoms with Crippen LogP contribution < -0.4 is 0 Å². The van der Waals surface area contributed by atoms with E-state index in [1.165, 1.54) is 0 Å². The summed E-state index contributed by atoms with van der Waals surface area (Å²) in [4.78, 5) is 4.58. The highest BCUT2D eigenvalue weighted by Gasteiger charge is 2.15. The lowest BCUT2D eigenvalue weighted by molar-refractivity contribution is 0.534. The Hall–Kier alpha value is -0.380. The van der Waals surface area contributed by atoms with Gasteiger partial charge in [0.15, 0.2) is 0 Å². The first kappa shape index (κ1) is 15.0. The van der Waals surface area contributed by atoms with Crippen molar-refractivity contribution in [2.45, 2.75) is 32.2 Å². The van der Waals surface area contributed by atoms with Gasteiger partial charge in [0.2, 0.25) is 0 Å². The summed E-state index contributed by atoms with van der Waals surface area (Å²) in [5.74, 6) is 3.67. The molecule has 1 aromatic carbocycles. The minimum Gasteiger partial charge on any atom is -0.324 e. The van der Waals surface area contributed by atoms with Crippen molar-refractivity contribution < 1.29 is 0 Å². The van der Waals surface area contributed by atoms with Crippen LogP contribution in [0.4, 0.5) is 0 Å². The van der Waals surface area contributed by atoms with Crippen LogP contribution in [0, 0.1) is 0 Å². The fourth-order valence-corrected chi connectivity index (χ4v) is 3.39. The molecule has 0 radical (unpaired) electrons. The van der Waals surface area contributed by atoms with Gasteiger partial charge < -0.3 is 4.57 Å². The van der Waals surface area contributed by atoms with Crippen LogP contribution in [0.1, 0.15) is 32.1 Å². The highest BCUT2D eigenvalue weighted by atomic mass is 35.5. The quantitative estimate of drug-likeness (QED) is 0.543. The molecule has 2 nitrogen and oxygen atoms in total. The van der Waals surface area contributed by atoms with Gasteiger partial charge in [0.1, 0.15) is 5.82 Å². The summed E-state index contributed by atoms with van der Waals surface area (Å²) in [7, 11) is 0. The predicted molar refractivity (Wildman–Crippen MR) is 86.6 cm³/mol. The van der Waals surface area contributed by atoms with Crippen molar-refractivity contribution in [2.75, 3.05) is 11.5 Å². The average Bonchev–Trinajstić information content (AvgIpc) is 2.76. The normalized spacial score (nSPS) is 13.1. The molecule has 0 aliphatic carbocycles. The molecule has 0 saturated heterocycles. The average molecular weight is 317 g/mol. The number of benzene rings is 1. The summed E-state index contributed by atoms with van der Waals surface area (Å²) in [6.45, 7) is 4.41. The largest absolute Gasteiger partial charge is 0.324 e. The lowest BCUT2D eigenvalue weighted by Crippen LogP contribution is -2.09. The second kappa shape index (κ2) is 6.87. The Kier molecular flexibility index (Phi) is 5.43. The number of nitrogens with zero attached hydrogens (tertiary/aromatic N) is 2. The molecular weight excluding hydrogens is 299 g/mol. The number of hydrogen-bond donors (Lipinski definition) is 0. The van der Waals surface area contributed by atoms with Gasteiger partial charge in [0, 0.05) is 11.1 Å². The van der Waals surface area contributed by atoms with E-state index in [2.05, 4.69) is 23.4 Å². The Bertz CT molecular complexity index is 554. The molecule has 0 spiro atoms. The lowest BCUT2D eigenvalue weighted by Gasteiger charge is -2.16. The Morgan fingerprint density at radius 3 is 2.89 bits per heavy atom. The topological polar surface area (TPSA) is 17.8 Å². The van der Waals surface area contributed by atoms with Crippen LogP contribution in [0.15, 0.2) is 18.2 Å². The predicted octanol–water partition coefficient (Wildman–Crippen LogP) is 5.13. The molecule has 1 heterocycles. The molecule has 2 aromatic rings. The Balaban J connectivity index is 2.34. The maximum absolute atomic E-state index is 6.03. The van der Waals surface area contributed by atoms with Crippen molar-refractivity contribution in [1.82, 2.24) is 9.55 Å². The number of halogens is 2. The zero-order valence-electron chi connectivity index (χ0n) is 11.2. The zero-order valence-corrected chi connectivity index (χ0v) is 13.5. The number of imidazole rings is 1. The van der Waals surface area contributed by atoms with Gasteiger partial charge in [0.05, 0.1) is 16.9 Å². The Labute approximate surface area is 128 Å². The number of alkyl halides is 1. The van der Waals surface area contributed by atoms with E-state index in [0.29, 0.717) is 16.9 Å². The Morgan fingerprint density at radius 1 is 1.42 bits per heavy atom. The van der Waals surface area contributed by atoms with Crippen LogP contribution in [0.25, 0.3) is 11.0 Å². The highest BCUT2D eigenvalue weighted by Crippen LogP contribution is 2.27. The van der Waals surface area contributed by atoms with Crippen LogP contribution in [0.2, 0.25) is 5.02 Å². The minimum absolute atomic E-state index is 0.402. The molecule has 104 valence electrons. The standard InChI is InChI=1S/C14H18Cl2N2S/c1-3-19-7-6-10(2)18-13-5-4-11(16)8-12(13)17-14(18)9-15/h4-5,8,10H,3,6-7,9H2,1-2H3. The molecule has 0 bridgehead atoms. The summed E-state index contributed by atoms with van der Waals surface area (Å²) >= 11 is 14.0. The smallest absolute Gasteiger partial charge is 0.125 e. The fourth-order valence-electron chi connectivity index (χ4n) is 2.24. The molecular formula is C14H18Cl2N2S. The van der Waals surface area contributed by atoms with E-state index in [-0.39, 0.29) is 0 Å². The Morgan fingerprint density at radius 2 is 2.21 bits per heavy atom. The number of rotatable bonds is 6. The van der Waals surface area contributed by atoms with Gasteiger partial charge >= 0.3 is 0 Å². The van der Waals surface area contributed by atoms with Crippen molar-refractivity contribution in [2.24, 2.45) is 0 Å². The van der Waals surface area contributed by atoms with Crippen molar-refractivity contribution in [3.63, 3.8) is 0 Å². The minimum atomic E-state index is 0.402. The van der Waals surface area contributed by atoms with Gasteiger partial charge in [0.25, 0.3) is 0 Å². The molecule has 0 aliphatic heterocycles.